The maximum Gasteiger partial charge on any atom is 0.330 e. The van der Waals surface area contributed by atoms with Crippen molar-refractivity contribution in [1.82, 2.24) is 0 Å². The van der Waals surface area contributed by atoms with E-state index in [0.717, 1.165) is 5.54 Å². The van der Waals surface area contributed by atoms with Crippen LogP contribution in [-0.4, -0.2) is 11.1 Å². The van der Waals surface area contributed by atoms with E-state index in [-0.39, 0.29) is 18.4 Å². The molecule has 2 nitrogen and oxygen atoms in total. The molecular weight excluding hydrogens is 171 g/mol. The molecule has 0 amide bonds. The molecule has 0 bridgehead atoms. The Morgan fingerprint density at radius 3 is 2.55 bits per heavy atom. The van der Waals surface area contributed by atoms with E-state index in [1.165, 1.54) is 0 Å². The van der Waals surface area contributed by atoms with Gasteiger partial charge in [0.05, 0.1) is 0 Å². The number of rotatable bonds is 4. The summed E-state index contributed by atoms with van der Waals surface area (Å²) in [4.78, 5) is 10.1. The first-order valence-electron chi connectivity index (χ1n) is 2.93. The van der Waals surface area contributed by atoms with Crippen LogP contribution in [0.2, 0.25) is 0 Å². The molecule has 0 heterocycles. The zero-order valence-corrected chi connectivity index (χ0v) is 6.57. The zero-order chi connectivity index (χ0) is 8.85. The lowest BCUT2D eigenvalue weighted by atomic mass is 10.1. The molecule has 0 saturated heterocycles. The lowest BCUT2D eigenvalue weighted by molar-refractivity contribution is -0.132. The van der Waals surface area contributed by atoms with E-state index in [1.54, 1.807) is 0 Å². The number of hydrogen-bond donors (Lipinski definition) is 1. The summed E-state index contributed by atoms with van der Waals surface area (Å²) in [5, 5.41) is 8.29. The lowest BCUT2D eigenvalue weighted by Crippen LogP contribution is -1.98. The van der Waals surface area contributed by atoms with Crippen LogP contribution in [-0.2, 0) is 4.79 Å². The topological polar surface area (TPSA) is 37.3 Å². The fraction of sp³-hybridized carbons (Fsp3) is 0.286. The van der Waals surface area contributed by atoms with Gasteiger partial charge >= 0.3 is 5.97 Å². The van der Waals surface area contributed by atoms with Crippen LogP contribution in [0.15, 0.2) is 23.5 Å². The molecule has 4 heteroatoms. The van der Waals surface area contributed by atoms with E-state index in [0.29, 0.717) is 0 Å². The number of allylic oxidation sites excluding steroid dienone is 1. The van der Waals surface area contributed by atoms with Crippen LogP contribution in [0.1, 0.15) is 12.8 Å². The average molecular weight is 179 g/mol. The number of carboxylic acid groups (broad SMARTS) is 1. The second-order valence-electron chi connectivity index (χ2n) is 1.96. The molecule has 62 valence electrons. The zero-order valence-electron chi connectivity index (χ0n) is 5.81. The molecule has 0 aliphatic heterocycles. The lowest BCUT2D eigenvalue weighted by Gasteiger charge is -1.96. The van der Waals surface area contributed by atoms with Gasteiger partial charge in [-0.2, -0.15) is 0 Å². The van der Waals surface area contributed by atoms with Gasteiger partial charge in [-0.1, -0.05) is 18.2 Å². The molecule has 0 rings (SSSR count). The molecule has 11 heavy (non-hydrogen) atoms. The van der Waals surface area contributed by atoms with Crippen LogP contribution in [0, 0.1) is 0 Å². The Balaban J connectivity index is 3.72. The fourth-order valence-electron chi connectivity index (χ4n) is 0.432. The molecule has 0 aliphatic rings. The van der Waals surface area contributed by atoms with Crippen LogP contribution in [0.5, 0.6) is 0 Å². The summed E-state index contributed by atoms with van der Waals surface area (Å²) in [6, 6.07) is 0. The monoisotopic (exact) mass is 178 g/mol. The smallest absolute Gasteiger partial charge is 0.330 e. The van der Waals surface area contributed by atoms with Crippen molar-refractivity contribution in [2.45, 2.75) is 12.8 Å². The Bertz CT molecular complexity index is 199. The van der Waals surface area contributed by atoms with Crippen LogP contribution in [0.4, 0.5) is 4.39 Å². The number of halogens is 2. The standard InChI is InChI=1S/C7H8ClFO2/c1-5(7(10)11)2-3-6(9)4-8/h4H,1-3H2,(H,10,11). The Morgan fingerprint density at radius 2 is 2.18 bits per heavy atom. The molecule has 0 spiro atoms. The highest BCUT2D eigenvalue weighted by Gasteiger charge is 2.04. The summed E-state index contributed by atoms with van der Waals surface area (Å²) in [6.07, 6.45) is 0.0824. The molecule has 0 unspecified atom stereocenters. The van der Waals surface area contributed by atoms with E-state index in [4.69, 9.17) is 16.7 Å². The van der Waals surface area contributed by atoms with E-state index >= 15 is 0 Å². The Kier molecular flexibility index (Phi) is 4.54. The van der Waals surface area contributed by atoms with Gasteiger partial charge in [-0.25, -0.2) is 9.18 Å². The minimum absolute atomic E-state index is 0.00532. The quantitative estimate of drug-likeness (QED) is 0.672. The molecule has 0 fully saturated rings. The summed E-state index contributed by atoms with van der Waals surface area (Å²) in [7, 11) is 0. The van der Waals surface area contributed by atoms with Gasteiger partial charge in [-0.15, -0.1) is 0 Å². The highest BCUT2D eigenvalue weighted by molar-refractivity contribution is 6.25. The summed E-state index contributed by atoms with van der Waals surface area (Å²) in [5.41, 5.74) is 0.772. The van der Waals surface area contributed by atoms with Crippen LogP contribution < -0.4 is 0 Å². The predicted octanol–water partition coefficient (Wildman–Crippen LogP) is 2.46. The number of hydrogen-bond acceptors (Lipinski definition) is 1. The molecule has 0 radical (unpaired) electrons. The maximum atomic E-state index is 12.3. The highest BCUT2D eigenvalue weighted by Crippen LogP contribution is 2.12. The van der Waals surface area contributed by atoms with Crippen molar-refractivity contribution < 1.29 is 14.3 Å². The van der Waals surface area contributed by atoms with Crippen molar-refractivity contribution in [2.24, 2.45) is 0 Å². The largest absolute Gasteiger partial charge is 0.478 e. The summed E-state index contributed by atoms with van der Waals surface area (Å²) in [6.45, 7) is 3.22. The van der Waals surface area contributed by atoms with Gasteiger partial charge < -0.3 is 5.11 Å². The first-order valence-corrected chi connectivity index (χ1v) is 3.37. The van der Waals surface area contributed by atoms with Gasteiger partial charge in [0, 0.05) is 17.5 Å². The van der Waals surface area contributed by atoms with Gasteiger partial charge in [0.15, 0.2) is 0 Å². The first kappa shape index (κ1) is 10.2. The van der Waals surface area contributed by atoms with Gasteiger partial charge in [0.2, 0.25) is 0 Å². The SMILES string of the molecule is C=C(CCC(F)=CCl)C(=O)O. The Hall–Kier alpha value is -0.830. The fourth-order valence-corrected chi connectivity index (χ4v) is 0.541. The van der Waals surface area contributed by atoms with E-state index in [9.17, 15) is 9.18 Å². The van der Waals surface area contributed by atoms with E-state index < -0.39 is 11.8 Å². The summed E-state index contributed by atoms with van der Waals surface area (Å²) >= 11 is 5.00. The van der Waals surface area contributed by atoms with Crippen molar-refractivity contribution in [3.63, 3.8) is 0 Å². The van der Waals surface area contributed by atoms with Crippen molar-refractivity contribution in [2.75, 3.05) is 0 Å². The molecule has 0 saturated carbocycles. The van der Waals surface area contributed by atoms with Gasteiger partial charge in [-0.3, -0.25) is 0 Å². The van der Waals surface area contributed by atoms with E-state index in [2.05, 4.69) is 6.58 Å². The van der Waals surface area contributed by atoms with Crippen LogP contribution >= 0.6 is 11.6 Å². The molecular formula is C7H8ClFO2. The van der Waals surface area contributed by atoms with Gasteiger partial charge in [0.1, 0.15) is 5.83 Å². The van der Waals surface area contributed by atoms with Crippen molar-refractivity contribution in [3.05, 3.63) is 23.5 Å². The second kappa shape index (κ2) is 4.91. The average Bonchev–Trinajstić information content (AvgIpc) is 1.99. The highest BCUT2D eigenvalue weighted by atomic mass is 35.5. The van der Waals surface area contributed by atoms with Crippen LogP contribution in [0.25, 0.3) is 0 Å². The third kappa shape index (κ3) is 4.56. The molecule has 0 aromatic heterocycles. The second-order valence-corrected chi connectivity index (χ2v) is 2.18. The molecule has 1 N–H and O–H groups in total. The third-order valence-corrected chi connectivity index (χ3v) is 1.32. The number of aliphatic carboxylic acids is 1. The van der Waals surface area contributed by atoms with E-state index in [1.807, 2.05) is 0 Å². The Labute approximate surface area is 69.0 Å². The molecule has 0 atom stereocenters. The molecule has 0 aliphatic carbocycles. The number of carbonyl (C=O) groups is 1. The minimum Gasteiger partial charge on any atom is -0.478 e. The Morgan fingerprint density at radius 1 is 1.64 bits per heavy atom. The van der Waals surface area contributed by atoms with Crippen molar-refractivity contribution in [3.8, 4) is 0 Å². The van der Waals surface area contributed by atoms with Crippen LogP contribution in [0.3, 0.4) is 0 Å². The van der Waals surface area contributed by atoms with Gasteiger partial charge in [0.25, 0.3) is 0 Å². The maximum absolute atomic E-state index is 12.3. The minimum atomic E-state index is -1.10. The number of carboxylic acids is 1. The van der Waals surface area contributed by atoms with Crippen molar-refractivity contribution in [1.29, 1.82) is 0 Å². The third-order valence-electron chi connectivity index (χ3n) is 1.09. The summed E-state index contributed by atoms with van der Waals surface area (Å²) < 4.78 is 12.3. The van der Waals surface area contributed by atoms with Crippen molar-refractivity contribution >= 4 is 17.6 Å². The first-order chi connectivity index (χ1) is 5.07. The molecule has 0 aromatic carbocycles. The normalized spacial score (nSPS) is 11.3. The molecule has 0 aromatic rings. The summed E-state index contributed by atoms with van der Waals surface area (Å²) in [5.74, 6) is -1.64. The predicted molar refractivity (Wildman–Crippen MR) is 41.1 cm³/mol. The van der Waals surface area contributed by atoms with Gasteiger partial charge in [-0.05, 0) is 6.42 Å².